The molecule has 19 heteroatoms. The van der Waals surface area contributed by atoms with Gasteiger partial charge in [0, 0.05) is 81.9 Å². The van der Waals surface area contributed by atoms with Crippen molar-refractivity contribution in [2.24, 2.45) is 0 Å². The maximum atomic E-state index is 13.1. The van der Waals surface area contributed by atoms with Gasteiger partial charge in [-0.05, 0) is 61.2 Å². The summed E-state index contributed by atoms with van der Waals surface area (Å²) in [7, 11) is 0. The highest BCUT2D eigenvalue weighted by molar-refractivity contribution is 6.23. The van der Waals surface area contributed by atoms with Crippen LogP contribution in [0.3, 0.4) is 0 Å². The highest BCUT2D eigenvalue weighted by Gasteiger charge is 2.44. The standard InChI is InChI=1S/C41H42N14O5/c42-35-22-43-21-32(46-35)33-25-53-12-11-44-38(53)37(47-33)45-27-4-6-29(7-5-27)52-15-13-51(14-16-52)23-28-24-54(50-49-28)17-19-60-18-1-2-26-3-8-30-31(20-26)41(59)55(40(30)58)34-9-10-36(56)48-39(34)57/h3-8,11-12,20-22,24-25,34H,1-2,9-10,13-19,23H2,(H2,42,46)(H,45,47)(H,48,56,57). The van der Waals surface area contributed by atoms with Crippen LogP contribution in [0.2, 0.25) is 0 Å². The fourth-order valence-electron chi connectivity index (χ4n) is 7.76. The Morgan fingerprint density at radius 3 is 2.55 bits per heavy atom. The van der Waals surface area contributed by atoms with Gasteiger partial charge in [0.05, 0.1) is 42.4 Å². The maximum Gasteiger partial charge on any atom is 0.262 e. The molecule has 0 bridgehead atoms. The van der Waals surface area contributed by atoms with Crippen LogP contribution in [-0.2, 0) is 33.8 Å². The number of carbonyl (C=O) groups is 4. The molecule has 3 aliphatic heterocycles. The minimum atomic E-state index is -0.978. The Morgan fingerprint density at radius 2 is 1.73 bits per heavy atom. The lowest BCUT2D eigenvalue weighted by molar-refractivity contribution is -0.136. The number of anilines is 4. The Kier molecular flexibility index (Phi) is 10.6. The number of hydrogen-bond acceptors (Lipinski definition) is 15. The topological polar surface area (TPSA) is 224 Å². The van der Waals surface area contributed by atoms with E-state index < -0.39 is 29.7 Å². The molecule has 4 amide bonds. The predicted octanol–water partition coefficient (Wildman–Crippen LogP) is 2.48. The van der Waals surface area contributed by atoms with Crippen molar-refractivity contribution in [2.45, 2.75) is 44.8 Å². The number of nitrogen functional groups attached to an aromatic ring is 1. The average molecular weight is 811 g/mol. The second kappa shape index (κ2) is 16.6. The molecule has 0 radical (unpaired) electrons. The molecule has 1 unspecified atom stereocenters. The molecule has 4 N–H and O–H groups in total. The van der Waals surface area contributed by atoms with Crippen molar-refractivity contribution in [3.05, 3.63) is 102 Å². The van der Waals surface area contributed by atoms with Gasteiger partial charge < -0.3 is 25.1 Å². The van der Waals surface area contributed by atoms with Crippen molar-refractivity contribution < 1.29 is 23.9 Å². The first-order valence-electron chi connectivity index (χ1n) is 19.8. The van der Waals surface area contributed by atoms with E-state index in [1.807, 2.05) is 41.2 Å². The lowest BCUT2D eigenvalue weighted by Gasteiger charge is -2.35. The molecule has 2 saturated heterocycles. The van der Waals surface area contributed by atoms with Gasteiger partial charge in [-0.15, -0.1) is 5.10 Å². The molecule has 0 spiro atoms. The van der Waals surface area contributed by atoms with Gasteiger partial charge in [-0.25, -0.2) is 19.6 Å². The molecule has 2 fully saturated rings. The van der Waals surface area contributed by atoms with Crippen molar-refractivity contribution in [1.82, 2.24) is 54.4 Å². The number of rotatable bonds is 14. The molecule has 6 aromatic rings. The number of nitrogens with two attached hydrogens (primary N) is 1. The van der Waals surface area contributed by atoms with Crippen molar-refractivity contribution in [3.63, 3.8) is 0 Å². The summed E-state index contributed by atoms with van der Waals surface area (Å²) in [4.78, 5) is 73.5. The number of imidazole rings is 1. The summed E-state index contributed by atoms with van der Waals surface area (Å²) in [5, 5.41) is 14.3. The minimum Gasteiger partial charge on any atom is -0.382 e. The molecular weight excluding hydrogens is 769 g/mol. The van der Waals surface area contributed by atoms with E-state index in [0.29, 0.717) is 61.4 Å². The number of imide groups is 2. The van der Waals surface area contributed by atoms with E-state index in [-0.39, 0.29) is 24.0 Å². The van der Waals surface area contributed by atoms with E-state index in [2.05, 4.69) is 57.8 Å². The number of amides is 4. The van der Waals surface area contributed by atoms with Crippen LogP contribution >= 0.6 is 0 Å². The van der Waals surface area contributed by atoms with Gasteiger partial charge in [-0.3, -0.25) is 39.3 Å². The Bertz CT molecular complexity index is 2580. The number of carbonyl (C=O) groups excluding carboxylic acids is 4. The van der Waals surface area contributed by atoms with E-state index in [0.717, 1.165) is 60.1 Å². The van der Waals surface area contributed by atoms with Crippen LogP contribution in [0.15, 0.2) is 79.6 Å². The molecule has 1 atom stereocenters. The highest BCUT2D eigenvalue weighted by Crippen LogP contribution is 2.29. The first kappa shape index (κ1) is 38.4. The number of piperazine rings is 1. The van der Waals surface area contributed by atoms with Crippen LogP contribution in [-0.4, -0.2) is 118 Å². The predicted molar refractivity (Wildman–Crippen MR) is 218 cm³/mol. The number of benzene rings is 2. The lowest BCUT2D eigenvalue weighted by Crippen LogP contribution is -2.54. The molecule has 306 valence electrons. The molecule has 4 aromatic heterocycles. The molecule has 0 aliphatic carbocycles. The van der Waals surface area contributed by atoms with Crippen molar-refractivity contribution in [1.29, 1.82) is 0 Å². The number of hydrogen-bond donors (Lipinski definition) is 3. The SMILES string of the molecule is Nc1cncc(-c2cn3ccnc3c(Nc3ccc(N4CCN(Cc5cn(CCOCCCc6ccc7c(c6)C(=O)N(C6CCC(=O)NC6=O)C7=O)nn5)CC4)cc3)n2)n1. The third-order valence-electron chi connectivity index (χ3n) is 10.9. The molecule has 7 heterocycles. The average Bonchev–Trinajstić information content (AvgIpc) is 3.98. The Balaban J connectivity index is 0.695. The first-order chi connectivity index (χ1) is 29.3. The normalized spacial score (nSPS) is 17.1. The smallest absolute Gasteiger partial charge is 0.262 e. The Morgan fingerprint density at radius 1 is 0.900 bits per heavy atom. The summed E-state index contributed by atoms with van der Waals surface area (Å²) in [6, 6.07) is 12.5. The van der Waals surface area contributed by atoms with Crippen molar-refractivity contribution in [2.75, 3.05) is 55.3 Å². The fourth-order valence-corrected chi connectivity index (χ4v) is 7.76. The Hall–Kier alpha value is -7.12. The molecule has 9 rings (SSSR count). The van der Waals surface area contributed by atoms with E-state index in [9.17, 15) is 19.2 Å². The van der Waals surface area contributed by atoms with Crippen molar-refractivity contribution in [3.8, 4) is 11.4 Å². The zero-order chi connectivity index (χ0) is 41.2. The number of fused-ring (bicyclic) bond motifs is 2. The van der Waals surface area contributed by atoms with Crippen molar-refractivity contribution >= 4 is 52.3 Å². The highest BCUT2D eigenvalue weighted by atomic mass is 16.5. The van der Waals surface area contributed by atoms with E-state index in [4.69, 9.17) is 15.5 Å². The van der Waals surface area contributed by atoms with Crippen LogP contribution in [0.1, 0.15) is 51.2 Å². The maximum absolute atomic E-state index is 13.1. The van der Waals surface area contributed by atoms with Crippen LogP contribution in [0, 0.1) is 0 Å². The zero-order valence-electron chi connectivity index (χ0n) is 32.6. The number of nitrogens with one attached hydrogen (secondary N) is 2. The number of nitrogens with zero attached hydrogens (tertiary/aromatic N) is 11. The van der Waals surface area contributed by atoms with E-state index >= 15 is 0 Å². The van der Waals surface area contributed by atoms with Crippen LogP contribution in [0.5, 0.6) is 0 Å². The lowest BCUT2D eigenvalue weighted by atomic mass is 10.0. The Labute approximate surface area is 343 Å². The summed E-state index contributed by atoms with van der Waals surface area (Å²) < 4.78 is 9.56. The van der Waals surface area contributed by atoms with E-state index in [1.54, 1.807) is 29.2 Å². The third-order valence-corrected chi connectivity index (χ3v) is 10.9. The second-order valence-electron chi connectivity index (χ2n) is 14.9. The van der Waals surface area contributed by atoms with E-state index in [1.165, 1.54) is 6.20 Å². The number of piperidine rings is 1. The summed E-state index contributed by atoms with van der Waals surface area (Å²) >= 11 is 0. The van der Waals surface area contributed by atoms with Crippen LogP contribution in [0.25, 0.3) is 17.0 Å². The second-order valence-corrected chi connectivity index (χ2v) is 14.9. The zero-order valence-corrected chi connectivity index (χ0v) is 32.6. The third kappa shape index (κ3) is 8.12. The molecule has 19 nitrogen and oxygen atoms in total. The molecular formula is C41H42N14O5. The summed E-state index contributed by atoms with van der Waals surface area (Å²) in [6.45, 7) is 5.83. The molecule has 0 saturated carbocycles. The van der Waals surface area contributed by atoms with Crippen LogP contribution in [0.4, 0.5) is 23.0 Å². The monoisotopic (exact) mass is 810 g/mol. The quantitative estimate of drug-likeness (QED) is 0.106. The number of aryl methyl sites for hydroxylation is 1. The van der Waals surface area contributed by atoms with Gasteiger partial charge in [0.1, 0.15) is 23.2 Å². The van der Waals surface area contributed by atoms with Gasteiger partial charge in [0.2, 0.25) is 11.8 Å². The summed E-state index contributed by atoms with van der Waals surface area (Å²) in [5.41, 5.74) is 12.1. The molecule has 3 aliphatic rings. The molecule has 2 aromatic carbocycles. The van der Waals surface area contributed by atoms with Gasteiger partial charge >= 0.3 is 0 Å². The van der Waals surface area contributed by atoms with Crippen LogP contribution < -0.4 is 21.3 Å². The van der Waals surface area contributed by atoms with Gasteiger partial charge in [-0.2, -0.15) is 0 Å². The van der Waals surface area contributed by atoms with Gasteiger partial charge in [0.25, 0.3) is 11.8 Å². The number of aromatic nitrogens is 8. The van der Waals surface area contributed by atoms with Gasteiger partial charge in [-0.1, -0.05) is 11.3 Å². The summed E-state index contributed by atoms with van der Waals surface area (Å²) in [6.07, 6.45) is 12.1. The summed E-state index contributed by atoms with van der Waals surface area (Å²) in [5.74, 6) is -1.11. The largest absolute Gasteiger partial charge is 0.382 e. The first-order valence-corrected chi connectivity index (χ1v) is 19.8. The fraction of sp³-hybridized carbons (Fsp3) is 0.317. The molecule has 60 heavy (non-hydrogen) atoms. The minimum absolute atomic E-state index is 0.0842. The number of ether oxygens (including phenoxy) is 1. The van der Waals surface area contributed by atoms with Gasteiger partial charge in [0.15, 0.2) is 11.5 Å².